The van der Waals surface area contributed by atoms with Gasteiger partial charge in [0.2, 0.25) is 0 Å². The third-order valence-electron chi connectivity index (χ3n) is 4.85. The number of hydrogen-bond acceptors (Lipinski definition) is 2. The number of pyridine rings is 1. The zero-order chi connectivity index (χ0) is 17.8. The fourth-order valence-electron chi connectivity index (χ4n) is 3.56. The minimum atomic E-state index is -0.0847. The number of nitrogens with zero attached hydrogens (tertiary/aromatic N) is 3. The topological polar surface area (TPSA) is 50.2 Å². The Morgan fingerprint density at radius 1 is 1.04 bits per heavy atom. The van der Waals surface area contributed by atoms with E-state index in [2.05, 4.69) is 39.3 Å². The van der Waals surface area contributed by atoms with Crippen molar-refractivity contribution in [3.8, 4) is 0 Å². The number of carbonyl (C=O) groups excluding carboxylic acids is 1. The SMILES string of the molecule is O=C(NCCc1ccccc1)N1CCn2cccc2[C@@H]1c1ccncc1. The highest BCUT2D eigenvalue weighted by Crippen LogP contribution is 2.31. The van der Waals surface area contributed by atoms with E-state index in [0.29, 0.717) is 13.1 Å². The lowest BCUT2D eigenvalue weighted by atomic mass is 10.0. The summed E-state index contributed by atoms with van der Waals surface area (Å²) in [5.74, 6) is 0. The molecule has 0 aliphatic carbocycles. The van der Waals surface area contributed by atoms with Crippen LogP contribution in [0.4, 0.5) is 4.79 Å². The van der Waals surface area contributed by atoms with E-state index in [1.165, 1.54) is 5.56 Å². The number of hydrogen-bond donors (Lipinski definition) is 1. The van der Waals surface area contributed by atoms with E-state index >= 15 is 0 Å². The number of aromatic nitrogens is 2. The van der Waals surface area contributed by atoms with Gasteiger partial charge in [0.25, 0.3) is 0 Å². The third-order valence-corrected chi connectivity index (χ3v) is 4.85. The van der Waals surface area contributed by atoms with Gasteiger partial charge in [0, 0.05) is 43.9 Å². The molecule has 0 fully saturated rings. The van der Waals surface area contributed by atoms with Crippen molar-refractivity contribution in [1.82, 2.24) is 19.8 Å². The van der Waals surface area contributed by atoms with E-state index in [1.807, 2.05) is 41.3 Å². The zero-order valence-electron chi connectivity index (χ0n) is 14.6. The van der Waals surface area contributed by atoms with E-state index in [4.69, 9.17) is 0 Å². The van der Waals surface area contributed by atoms with Gasteiger partial charge in [-0.1, -0.05) is 30.3 Å². The largest absolute Gasteiger partial charge is 0.348 e. The lowest BCUT2D eigenvalue weighted by Gasteiger charge is -2.37. The van der Waals surface area contributed by atoms with Crippen LogP contribution in [0.5, 0.6) is 0 Å². The highest BCUT2D eigenvalue weighted by molar-refractivity contribution is 5.75. The number of rotatable bonds is 4. The van der Waals surface area contributed by atoms with Crippen LogP contribution in [0, 0.1) is 0 Å². The van der Waals surface area contributed by atoms with Crippen molar-refractivity contribution >= 4 is 6.03 Å². The van der Waals surface area contributed by atoms with Crippen LogP contribution in [-0.2, 0) is 13.0 Å². The molecule has 1 N–H and O–H groups in total. The van der Waals surface area contributed by atoms with E-state index in [1.54, 1.807) is 12.4 Å². The van der Waals surface area contributed by atoms with Crippen molar-refractivity contribution in [2.45, 2.75) is 19.0 Å². The molecule has 4 rings (SSSR count). The van der Waals surface area contributed by atoms with Gasteiger partial charge in [0.1, 0.15) is 0 Å². The summed E-state index contributed by atoms with van der Waals surface area (Å²) in [7, 11) is 0. The summed E-state index contributed by atoms with van der Waals surface area (Å²) in [6.07, 6.45) is 6.47. The molecule has 0 saturated carbocycles. The quantitative estimate of drug-likeness (QED) is 0.788. The molecule has 26 heavy (non-hydrogen) atoms. The molecule has 3 aromatic rings. The molecule has 5 nitrogen and oxygen atoms in total. The van der Waals surface area contributed by atoms with Gasteiger partial charge < -0.3 is 14.8 Å². The standard InChI is InChI=1S/C21H22N4O/c26-21(23-13-8-17-5-2-1-3-6-17)25-16-15-24-14-4-7-19(24)20(25)18-9-11-22-12-10-18/h1-7,9-12,14,20H,8,13,15-16H2,(H,23,26)/t20-/m0/s1. The minimum absolute atomic E-state index is 0.0183. The van der Waals surface area contributed by atoms with Gasteiger partial charge in [-0.05, 0) is 41.8 Å². The van der Waals surface area contributed by atoms with Crippen LogP contribution < -0.4 is 5.32 Å². The molecular weight excluding hydrogens is 324 g/mol. The Morgan fingerprint density at radius 3 is 2.65 bits per heavy atom. The fraction of sp³-hybridized carbons (Fsp3) is 0.238. The molecule has 1 aliphatic heterocycles. The second-order valence-electron chi connectivity index (χ2n) is 6.47. The first-order chi connectivity index (χ1) is 12.8. The van der Waals surface area contributed by atoms with Crippen molar-refractivity contribution in [3.63, 3.8) is 0 Å². The molecule has 5 heteroatoms. The highest BCUT2D eigenvalue weighted by atomic mass is 16.2. The monoisotopic (exact) mass is 346 g/mol. The molecule has 0 bridgehead atoms. The average molecular weight is 346 g/mol. The summed E-state index contributed by atoms with van der Waals surface area (Å²) in [5.41, 5.74) is 3.45. The normalized spacial score (nSPS) is 16.2. The predicted octanol–water partition coefficient (Wildman–Crippen LogP) is 3.24. The zero-order valence-corrected chi connectivity index (χ0v) is 14.6. The molecule has 132 valence electrons. The number of benzene rings is 1. The van der Waals surface area contributed by atoms with Gasteiger partial charge in [-0.3, -0.25) is 4.98 Å². The number of fused-ring (bicyclic) bond motifs is 1. The number of nitrogens with one attached hydrogen (secondary N) is 1. The van der Waals surface area contributed by atoms with Gasteiger partial charge >= 0.3 is 6.03 Å². The van der Waals surface area contributed by atoms with Crippen molar-refractivity contribution in [1.29, 1.82) is 0 Å². The van der Waals surface area contributed by atoms with Crippen LogP contribution in [0.25, 0.3) is 0 Å². The van der Waals surface area contributed by atoms with Gasteiger partial charge in [0.15, 0.2) is 0 Å². The Bertz CT molecular complexity index is 860. The molecule has 2 aromatic heterocycles. The van der Waals surface area contributed by atoms with Crippen molar-refractivity contribution in [2.75, 3.05) is 13.1 Å². The van der Waals surface area contributed by atoms with Crippen LogP contribution in [-0.4, -0.2) is 33.6 Å². The Labute approximate surface area is 153 Å². The highest BCUT2D eigenvalue weighted by Gasteiger charge is 2.31. The average Bonchev–Trinajstić information content (AvgIpc) is 3.17. The lowest BCUT2D eigenvalue weighted by molar-refractivity contribution is 0.169. The molecule has 2 amide bonds. The minimum Gasteiger partial charge on any atom is -0.348 e. The maximum Gasteiger partial charge on any atom is 0.318 e. The van der Waals surface area contributed by atoms with E-state index in [0.717, 1.165) is 24.2 Å². The summed E-state index contributed by atoms with van der Waals surface area (Å²) in [5, 5.41) is 3.09. The first-order valence-corrected chi connectivity index (χ1v) is 8.96. The summed E-state index contributed by atoms with van der Waals surface area (Å²) in [6, 6.07) is 18.2. The molecule has 0 unspecified atom stereocenters. The van der Waals surface area contributed by atoms with E-state index in [-0.39, 0.29) is 12.1 Å². The van der Waals surface area contributed by atoms with Crippen LogP contribution >= 0.6 is 0 Å². The summed E-state index contributed by atoms with van der Waals surface area (Å²) >= 11 is 0. The van der Waals surface area contributed by atoms with E-state index in [9.17, 15) is 4.79 Å². The van der Waals surface area contributed by atoms with Crippen LogP contribution in [0.15, 0.2) is 73.2 Å². The molecule has 0 radical (unpaired) electrons. The number of amides is 2. The molecular formula is C21H22N4O. The van der Waals surface area contributed by atoms with Gasteiger partial charge in [-0.2, -0.15) is 0 Å². The third kappa shape index (κ3) is 3.33. The number of carbonyl (C=O) groups is 1. The predicted molar refractivity (Wildman–Crippen MR) is 101 cm³/mol. The molecule has 1 atom stereocenters. The second kappa shape index (κ2) is 7.44. The van der Waals surface area contributed by atoms with Crippen molar-refractivity contribution < 1.29 is 4.79 Å². The molecule has 0 spiro atoms. The Morgan fingerprint density at radius 2 is 1.85 bits per heavy atom. The summed E-state index contributed by atoms with van der Waals surface area (Å²) < 4.78 is 2.22. The Kier molecular flexibility index (Phi) is 4.69. The molecule has 1 aromatic carbocycles. The maximum absolute atomic E-state index is 12.9. The fourth-order valence-corrected chi connectivity index (χ4v) is 3.56. The smallest absolute Gasteiger partial charge is 0.318 e. The van der Waals surface area contributed by atoms with Crippen molar-refractivity contribution in [3.05, 3.63) is 90.0 Å². The first-order valence-electron chi connectivity index (χ1n) is 8.96. The molecule has 3 heterocycles. The van der Waals surface area contributed by atoms with Crippen LogP contribution in [0.1, 0.15) is 22.9 Å². The Balaban J connectivity index is 1.50. The first kappa shape index (κ1) is 16.4. The summed E-state index contributed by atoms with van der Waals surface area (Å²) in [4.78, 5) is 18.9. The van der Waals surface area contributed by atoms with Gasteiger partial charge in [0.05, 0.1) is 6.04 Å². The Hall–Kier alpha value is -3.08. The maximum atomic E-state index is 12.9. The molecule has 0 saturated heterocycles. The second-order valence-corrected chi connectivity index (χ2v) is 6.47. The van der Waals surface area contributed by atoms with Crippen LogP contribution in [0.3, 0.4) is 0 Å². The van der Waals surface area contributed by atoms with Gasteiger partial charge in [-0.15, -0.1) is 0 Å². The number of urea groups is 1. The lowest BCUT2D eigenvalue weighted by Crippen LogP contribution is -2.47. The van der Waals surface area contributed by atoms with Crippen LogP contribution in [0.2, 0.25) is 0 Å². The van der Waals surface area contributed by atoms with Gasteiger partial charge in [-0.25, -0.2) is 4.79 Å². The van der Waals surface area contributed by atoms with Crippen molar-refractivity contribution in [2.24, 2.45) is 0 Å². The van der Waals surface area contributed by atoms with E-state index < -0.39 is 0 Å². The summed E-state index contributed by atoms with van der Waals surface area (Å²) in [6.45, 7) is 2.13. The molecule has 1 aliphatic rings.